The summed E-state index contributed by atoms with van der Waals surface area (Å²) in [4.78, 5) is 2.48. The molecule has 1 aromatic carbocycles. The summed E-state index contributed by atoms with van der Waals surface area (Å²) in [5.74, 6) is 0.660. The minimum absolute atomic E-state index is 0.267. The van der Waals surface area contributed by atoms with E-state index in [1.807, 2.05) is 0 Å². The maximum atomic E-state index is 11.9. The zero-order chi connectivity index (χ0) is 14.8. The van der Waals surface area contributed by atoms with Gasteiger partial charge in [0.25, 0.3) is 0 Å². The third-order valence-corrected chi connectivity index (χ3v) is 5.43. The second kappa shape index (κ2) is 6.01. The molecule has 1 fully saturated rings. The molecule has 0 spiro atoms. The smallest absolute Gasteiger partial charge is 0.240 e. The summed E-state index contributed by atoms with van der Waals surface area (Å²) < 4.78 is 26.1. The van der Waals surface area contributed by atoms with Gasteiger partial charge < -0.3 is 10.6 Å². The second-order valence-electron chi connectivity index (χ2n) is 5.29. The summed E-state index contributed by atoms with van der Waals surface area (Å²) in [5, 5.41) is 0. The maximum absolute atomic E-state index is 11.9. The van der Waals surface area contributed by atoms with Crippen LogP contribution >= 0.6 is 0 Å². The number of hydrogen-bond donors (Lipinski definition) is 2. The average Bonchev–Trinajstić information content (AvgIpc) is 2.47. The van der Waals surface area contributed by atoms with E-state index >= 15 is 0 Å². The summed E-state index contributed by atoms with van der Waals surface area (Å²) in [6.07, 6.45) is 3.51. The monoisotopic (exact) mass is 297 g/mol. The zero-order valence-electron chi connectivity index (χ0n) is 12.1. The predicted octanol–water partition coefficient (Wildman–Crippen LogP) is 1.80. The molecule has 1 aliphatic rings. The van der Waals surface area contributed by atoms with E-state index < -0.39 is 10.0 Å². The predicted molar refractivity (Wildman–Crippen MR) is 82.3 cm³/mol. The number of hydrogen-bond acceptors (Lipinski definition) is 4. The van der Waals surface area contributed by atoms with Gasteiger partial charge in [-0.2, -0.15) is 0 Å². The Kier molecular flexibility index (Phi) is 4.55. The zero-order valence-corrected chi connectivity index (χ0v) is 12.9. The highest BCUT2D eigenvalue weighted by atomic mass is 32.2. The van der Waals surface area contributed by atoms with Crippen LogP contribution in [0.4, 0.5) is 11.4 Å². The molecular weight excluding hydrogens is 274 g/mol. The molecule has 0 radical (unpaired) electrons. The summed E-state index contributed by atoms with van der Waals surface area (Å²) in [7, 11) is -2.01. The van der Waals surface area contributed by atoms with Crippen molar-refractivity contribution in [2.45, 2.75) is 31.1 Å². The second-order valence-corrected chi connectivity index (χ2v) is 7.18. The fourth-order valence-corrected chi connectivity index (χ4v) is 3.45. The van der Waals surface area contributed by atoms with Crippen LogP contribution in [0.1, 0.15) is 26.2 Å². The SMILES string of the molecule is CCC1CCCN(c2cc(S(=O)(=O)NC)ccc2N)C1. The third-order valence-electron chi connectivity index (χ3n) is 4.02. The quantitative estimate of drug-likeness (QED) is 0.831. The first-order valence-corrected chi connectivity index (χ1v) is 8.54. The molecule has 1 aromatic rings. The van der Waals surface area contributed by atoms with Crippen molar-refractivity contribution in [3.8, 4) is 0 Å². The van der Waals surface area contributed by atoms with E-state index in [9.17, 15) is 8.42 Å². The lowest BCUT2D eigenvalue weighted by molar-refractivity contribution is 0.405. The van der Waals surface area contributed by atoms with Crippen LogP contribution < -0.4 is 15.4 Å². The molecule has 2 rings (SSSR count). The minimum Gasteiger partial charge on any atom is -0.397 e. The standard InChI is InChI=1S/C14H23N3O2S/c1-3-11-5-4-8-17(10-11)14-9-12(6-7-13(14)15)20(18,19)16-2/h6-7,9,11,16H,3-5,8,10,15H2,1-2H3. The number of nitrogens with one attached hydrogen (secondary N) is 1. The number of nitrogen functional groups attached to an aromatic ring is 1. The van der Waals surface area contributed by atoms with Crippen LogP contribution in [0.5, 0.6) is 0 Å². The molecule has 1 saturated heterocycles. The van der Waals surface area contributed by atoms with Crippen LogP contribution in [-0.4, -0.2) is 28.6 Å². The number of anilines is 2. The summed E-state index contributed by atoms with van der Waals surface area (Å²) in [6, 6.07) is 4.90. The molecule has 20 heavy (non-hydrogen) atoms. The van der Waals surface area contributed by atoms with Gasteiger partial charge in [-0.3, -0.25) is 0 Å². The Morgan fingerprint density at radius 1 is 1.45 bits per heavy atom. The Morgan fingerprint density at radius 2 is 2.20 bits per heavy atom. The highest BCUT2D eigenvalue weighted by Crippen LogP contribution is 2.31. The molecule has 0 aliphatic carbocycles. The van der Waals surface area contributed by atoms with Crippen molar-refractivity contribution >= 4 is 21.4 Å². The van der Waals surface area contributed by atoms with E-state index in [2.05, 4.69) is 16.5 Å². The van der Waals surface area contributed by atoms with Crippen molar-refractivity contribution in [1.82, 2.24) is 4.72 Å². The number of nitrogens with two attached hydrogens (primary N) is 1. The lowest BCUT2D eigenvalue weighted by Gasteiger charge is -2.34. The summed E-state index contributed by atoms with van der Waals surface area (Å²) >= 11 is 0. The first kappa shape index (κ1) is 15.1. The van der Waals surface area contributed by atoms with Crippen molar-refractivity contribution in [1.29, 1.82) is 0 Å². The Hall–Kier alpha value is -1.27. The van der Waals surface area contributed by atoms with Crippen molar-refractivity contribution < 1.29 is 8.42 Å². The molecule has 0 aromatic heterocycles. The Balaban J connectivity index is 2.34. The number of rotatable bonds is 4. The maximum Gasteiger partial charge on any atom is 0.240 e. The van der Waals surface area contributed by atoms with Gasteiger partial charge >= 0.3 is 0 Å². The fraction of sp³-hybridized carbons (Fsp3) is 0.571. The van der Waals surface area contributed by atoms with Crippen LogP contribution in [0.2, 0.25) is 0 Å². The topological polar surface area (TPSA) is 75.4 Å². The van der Waals surface area contributed by atoms with E-state index in [0.717, 1.165) is 31.6 Å². The molecule has 0 saturated carbocycles. The first-order chi connectivity index (χ1) is 9.47. The molecule has 1 atom stereocenters. The van der Waals surface area contributed by atoms with E-state index in [1.165, 1.54) is 13.5 Å². The fourth-order valence-electron chi connectivity index (χ4n) is 2.70. The molecular formula is C14H23N3O2S. The molecule has 0 amide bonds. The summed E-state index contributed by atoms with van der Waals surface area (Å²) in [5.41, 5.74) is 7.50. The molecule has 5 nitrogen and oxygen atoms in total. The van der Waals surface area contributed by atoms with Gasteiger partial charge in [0.2, 0.25) is 10.0 Å². The number of nitrogens with zero attached hydrogens (tertiary/aromatic N) is 1. The Morgan fingerprint density at radius 3 is 2.85 bits per heavy atom. The normalized spacial score (nSPS) is 20.1. The molecule has 112 valence electrons. The lowest BCUT2D eigenvalue weighted by Crippen LogP contribution is -2.35. The highest BCUT2D eigenvalue weighted by molar-refractivity contribution is 7.89. The van der Waals surface area contributed by atoms with Gasteiger partial charge in [0, 0.05) is 13.1 Å². The van der Waals surface area contributed by atoms with Crippen molar-refractivity contribution in [2.75, 3.05) is 30.8 Å². The Bertz CT molecular complexity index is 572. The van der Waals surface area contributed by atoms with Gasteiger partial charge in [-0.25, -0.2) is 13.1 Å². The molecule has 1 aliphatic heterocycles. The van der Waals surface area contributed by atoms with Crippen molar-refractivity contribution in [3.05, 3.63) is 18.2 Å². The van der Waals surface area contributed by atoms with E-state index in [0.29, 0.717) is 11.6 Å². The molecule has 1 unspecified atom stereocenters. The molecule has 1 heterocycles. The van der Waals surface area contributed by atoms with E-state index in [4.69, 9.17) is 5.73 Å². The van der Waals surface area contributed by atoms with E-state index in [1.54, 1.807) is 18.2 Å². The third kappa shape index (κ3) is 3.07. The van der Waals surface area contributed by atoms with Crippen LogP contribution in [0.25, 0.3) is 0 Å². The van der Waals surface area contributed by atoms with Gasteiger partial charge in [-0.05, 0) is 44.0 Å². The highest BCUT2D eigenvalue weighted by Gasteiger charge is 2.22. The molecule has 0 bridgehead atoms. The molecule has 3 N–H and O–H groups in total. The number of sulfonamides is 1. The van der Waals surface area contributed by atoms with Gasteiger partial charge in [-0.15, -0.1) is 0 Å². The average molecular weight is 297 g/mol. The van der Waals surface area contributed by atoms with Gasteiger partial charge in [0.15, 0.2) is 0 Å². The first-order valence-electron chi connectivity index (χ1n) is 7.06. The van der Waals surface area contributed by atoms with Crippen LogP contribution in [-0.2, 0) is 10.0 Å². The van der Waals surface area contributed by atoms with E-state index in [-0.39, 0.29) is 4.90 Å². The number of benzene rings is 1. The summed E-state index contributed by atoms with van der Waals surface area (Å²) in [6.45, 7) is 4.08. The van der Waals surface area contributed by atoms with Crippen LogP contribution in [0.3, 0.4) is 0 Å². The van der Waals surface area contributed by atoms with Crippen LogP contribution in [0, 0.1) is 5.92 Å². The van der Waals surface area contributed by atoms with Crippen molar-refractivity contribution in [3.63, 3.8) is 0 Å². The van der Waals surface area contributed by atoms with Gasteiger partial charge in [-0.1, -0.05) is 13.3 Å². The Labute approximate surface area is 121 Å². The number of piperidine rings is 1. The lowest BCUT2D eigenvalue weighted by atomic mass is 9.95. The molecule has 6 heteroatoms. The minimum atomic E-state index is -3.43. The van der Waals surface area contributed by atoms with Gasteiger partial charge in [0.1, 0.15) is 0 Å². The van der Waals surface area contributed by atoms with Crippen molar-refractivity contribution in [2.24, 2.45) is 5.92 Å². The van der Waals surface area contributed by atoms with Gasteiger partial charge in [0.05, 0.1) is 16.3 Å². The largest absolute Gasteiger partial charge is 0.397 e. The van der Waals surface area contributed by atoms with Crippen LogP contribution in [0.15, 0.2) is 23.1 Å².